The second-order valence-electron chi connectivity index (χ2n) is 5.51. The van der Waals surface area contributed by atoms with Gasteiger partial charge in [0, 0.05) is 24.1 Å². The van der Waals surface area contributed by atoms with E-state index in [0.717, 1.165) is 21.0 Å². The maximum Gasteiger partial charge on any atom is 0.244 e. The normalized spacial score (nSPS) is 12.1. The minimum atomic E-state index is -0.665. The molecule has 0 atom stereocenters. The Balaban J connectivity index is 1.74. The monoisotopic (exact) mass is 336 g/mol. The lowest BCUT2D eigenvalue weighted by atomic mass is 10.2. The molecule has 0 aliphatic rings. The van der Waals surface area contributed by atoms with E-state index in [-0.39, 0.29) is 5.91 Å². The summed E-state index contributed by atoms with van der Waals surface area (Å²) in [5, 5.41) is 13.2. The fraction of sp³-hybridized carbons (Fsp3) is 0.375. The van der Waals surface area contributed by atoms with Crippen molar-refractivity contribution in [3.8, 4) is 0 Å². The number of fused-ring (bicyclic) bond motifs is 1. The number of amides is 1. The average molecular weight is 336 g/mol. The lowest BCUT2D eigenvalue weighted by molar-refractivity contribution is -0.116. The topological polar surface area (TPSA) is 62.2 Å². The molecule has 0 aliphatic heterocycles. The molecule has 0 radical (unpaired) electrons. The first-order valence-electron chi connectivity index (χ1n) is 7.06. The van der Waals surface area contributed by atoms with Crippen LogP contribution in [0.25, 0.3) is 16.3 Å². The van der Waals surface area contributed by atoms with Gasteiger partial charge in [0.1, 0.15) is 5.01 Å². The molecule has 1 amide bonds. The molecule has 2 rings (SSSR count). The van der Waals surface area contributed by atoms with Crippen molar-refractivity contribution >= 4 is 45.3 Å². The summed E-state index contributed by atoms with van der Waals surface area (Å²) in [5.41, 5.74) is 0.289. The SMILES string of the molecule is CC(C)(O)CSCCNC(=O)C=Cc1nc2ccccc2s1. The fourth-order valence-electron chi connectivity index (χ4n) is 1.74. The number of nitrogens with one attached hydrogen (secondary N) is 1. The molecule has 0 spiro atoms. The Morgan fingerprint density at radius 1 is 1.45 bits per heavy atom. The van der Waals surface area contributed by atoms with E-state index in [4.69, 9.17) is 0 Å². The number of thiazole rings is 1. The number of aliphatic hydroxyl groups is 1. The van der Waals surface area contributed by atoms with Crippen molar-refractivity contribution in [2.45, 2.75) is 19.4 Å². The summed E-state index contributed by atoms with van der Waals surface area (Å²) in [5.74, 6) is 1.32. The van der Waals surface area contributed by atoms with Gasteiger partial charge in [-0.15, -0.1) is 11.3 Å². The minimum absolute atomic E-state index is 0.122. The van der Waals surface area contributed by atoms with Crippen molar-refractivity contribution in [2.75, 3.05) is 18.1 Å². The Bertz CT molecular complexity index is 626. The molecule has 0 saturated heterocycles. The van der Waals surface area contributed by atoms with E-state index >= 15 is 0 Å². The fourth-order valence-corrected chi connectivity index (χ4v) is 3.50. The van der Waals surface area contributed by atoms with Gasteiger partial charge in [-0.25, -0.2) is 4.98 Å². The molecule has 0 bridgehead atoms. The van der Waals surface area contributed by atoms with E-state index in [1.54, 1.807) is 43.0 Å². The summed E-state index contributed by atoms with van der Waals surface area (Å²) < 4.78 is 1.12. The molecule has 1 heterocycles. The third kappa shape index (κ3) is 5.79. The highest BCUT2D eigenvalue weighted by atomic mass is 32.2. The maximum absolute atomic E-state index is 11.7. The van der Waals surface area contributed by atoms with Crippen molar-refractivity contribution in [3.05, 3.63) is 35.3 Å². The van der Waals surface area contributed by atoms with Crippen LogP contribution < -0.4 is 5.32 Å². The second-order valence-corrected chi connectivity index (χ2v) is 7.68. The van der Waals surface area contributed by atoms with Crippen LogP contribution in [-0.4, -0.2) is 39.6 Å². The quantitative estimate of drug-likeness (QED) is 0.603. The lowest BCUT2D eigenvalue weighted by Crippen LogP contribution is -2.26. The molecule has 6 heteroatoms. The molecule has 0 saturated carbocycles. The van der Waals surface area contributed by atoms with Gasteiger partial charge < -0.3 is 10.4 Å². The van der Waals surface area contributed by atoms with E-state index in [1.807, 2.05) is 24.3 Å². The number of hydrogen-bond donors (Lipinski definition) is 2. The van der Waals surface area contributed by atoms with Crippen molar-refractivity contribution in [1.29, 1.82) is 0 Å². The van der Waals surface area contributed by atoms with Gasteiger partial charge in [-0.3, -0.25) is 4.79 Å². The highest BCUT2D eigenvalue weighted by Gasteiger charge is 2.11. The van der Waals surface area contributed by atoms with E-state index < -0.39 is 5.60 Å². The number of para-hydroxylation sites is 1. The second kappa shape index (κ2) is 7.76. The first kappa shape index (κ1) is 17.0. The number of rotatable bonds is 7. The molecular formula is C16H20N2O2S2. The van der Waals surface area contributed by atoms with Crippen LogP contribution >= 0.6 is 23.1 Å². The van der Waals surface area contributed by atoms with Crippen LogP contribution in [0.2, 0.25) is 0 Å². The highest BCUT2D eigenvalue weighted by Crippen LogP contribution is 2.22. The molecule has 4 nitrogen and oxygen atoms in total. The molecule has 2 N–H and O–H groups in total. The Morgan fingerprint density at radius 2 is 2.23 bits per heavy atom. The predicted molar refractivity (Wildman–Crippen MR) is 95.3 cm³/mol. The number of aromatic nitrogens is 1. The average Bonchev–Trinajstić information content (AvgIpc) is 2.86. The predicted octanol–water partition coefficient (Wildman–Crippen LogP) is 2.93. The maximum atomic E-state index is 11.7. The molecule has 2 aromatic rings. The third-order valence-corrected chi connectivity index (χ3v) is 5.09. The van der Waals surface area contributed by atoms with Crippen molar-refractivity contribution in [2.24, 2.45) is 0 Å². The molecule has 1 aromatic carbocycles. The summed E-state index contributed by atoms with van der Waals surface area (Å²) in [7, 11) is 0. The smallest absolute Gasteiger partial charge is 0.244 e. The molecule has 0 aliphatic carbocycles. The van der Waals surface area contributed by atoms with Crippen LogP contribution in [0.1, 0.15) is 18.9 Å². The van der Waals surface area contributed by atoms with Crippen molar-refractivity contribution < 1.29 is 9.90 Å². The number of hydrogen-bond acceptors (Lipinski definition) is 5. The zero-order valence-electron chi connectivity index (χ0n) is 12.7. The van der Waals surface area contributed by atoms with Crippen molar-refractivity contribution in [1.82, 2.24) is 10.3 Å². The number of carbonyl (C=O) groups is 1. The Kier molecular flexibility index (Phi) is 5.99. The van der Waals surface area contributed by atoms with Gasteiger partial charge in [0.25, 0.3) is 0 Å². The summed E-state index contributed by atoms with van der Waals surface area (Å²) >= 11 is 3.18. The van der Waals surface area contributed by atoms with E-state index in [9.17, 15) is 9.90 Å². The van der Waals surface area contributed by atoms with Crippen LogP contribution in [0, 0.1) is 0 Å². The minimum Gasteiger partial charge on any atom is -0.390 e. The summed E-state index contributed by atoms with van der Waals surface area (Å²) in [6, 6.07) is 7.91. The molecule has 0 fully saturated rings. The molecular weight excluding hydrogens is 316 g/mol. The van der Waals surface area contributed by atoms with E-state index in [0.29, 0.717) is 12.3 Å². The van der Waals surface area contributed by atoms with Crippen LogP contribution in [0.4, 0.5) is 0 Å². The highest BCUT2D eigenvalue weighted by molar-refractivity contribution is 7.99. The van der Waals surface area contributed by atoms with Crippen LogP contribution in [-0.2, 0) is 4.79 Å². The third-order valence-electron chi connectivity index (χ3n) is 2.69. The number of thioether (sulfide) groups is 1. The van der Waals surface area contributed by atoms with Crippen LogP contribution in [0.5, 0.6) is 0 Å². The van der Waals surface area contributed by atoms with Gasteiger partial charge in [0.2, 0.25) is 5.91 Å². The van der Waals surface area contributed by atoms with Crippen molar-refractivity contribution in [3.63, 3.8) is 0 Å². The van der Waals surface area contributed by atoms with Gasteiger partial charge in [0.15, 0.2) is 0 Å². The largest absolute Gasteiger partial charge is 0.390 e. The first-order chi connectivity index (χ1) is 10.4. The van der Waals surface area contributed by atoms with Gasteiger partial charge in [0.05, 0.1) is 15.8 Å². The standard InChI is InChI=1S/C16H20N2O2S2/c1-16(2,20)11-21-10-9-17-14(19)7-8-15-18-12-5-3-4-6-13(12)22-15/h3-8,20H,9-11H2,1-2H3,(H,17,19). The summed E-state index contributed by atoms with van der Waals surface area (Å²) in [6.07, 6.45) is 3.25. The Morgan fingerprint density at radius 3 is 2.95 bits per heavy atom. The first-order valence-corrected chi connectivity index (χ1v) is 9.03. The van der Waals surface area contributed by atoms with Crippen LogP contribution in [0.3, 0.4) is 0 Å². The molecule has 1 aromatic heterocycles. The van der Waals surface area contributed by atoms with E-state index in [1.165, 1.54) is 6.08 Å². The molecule has 0 unspecified atom stereocenters. The number of carbonyl (C=O) groups excluding carboxylic acids is 1. The number of nitrogens with zero attached hydrogens (tertiary/aromatic N) is 1. The Hall–Kier alpha value is -1.37. The number of benzene rings is 1. The van der Waals surface area contributed by atoms with Crippen LogP contribution in [0.15, 0.2) is 30.3 Å². The summed E-state index contributed by atoms with van der Waals surface area (Å²) in [6.45, 7) is 4.14. The molecule has 22 heavy (non-hydrogen) atoms. The zero-order chi connectivity index (χ0) is 16.0. The van der Waals surface area contributed by atoms with Gasteiger partial charge in [-0.05, 0) is 32.1 Å². The summed E-state index contributed by atoms with van der Waals surface area (Å²) in [4.78, 5) is 16.2. The Labute approximate surface area is 138 Å². The van der Waals surface area contributed by atoms with Gasteiger partial charge in [-0.2, -0.15) is 11.8 Å². The molecule has 118 valence electrons. The zero-order valence-corrected chi connectivity index (χ0v) is 14.3. The van der Waals surface area contributed by atoms with Gasteiger partial charge >= 0.3 is 0 Å². The lowest BCUT2D eigenvalue weighted by Gasteiger charge is -2.15. The van der Waals surface area contributed by atoms with Gasteiger partial charge in [-0.1, -0.05) is 12.1 Å². The van der Waals surface area contributed by atoms with E-state index in [2.05, 4.69) is 10.3 Å².